The smallest absolute Gasteiger partial charge is 0.310 e. The van der Waals surface area contributed by atoms with Gasteiger partial charge < -0.3 is 20.1 Å². The topological polar surface area (TPSA) is 120 Å². The van der Waals surface area contributed by atoms with Gasteiger partial charge in [-0.3, -0.25) is 19.7 Å². The maximum absolute atomic E-state index is 13.0. The van der Waals surface area contributed by atoms with Gasteiger partial charge in [-0.25, -0.2) is 0 Å². The highest BCUT2D eigenvalue weighted by molar-refractivity contribution is 7.17. The average molecular weight is 460 g/mol. The van der Waals surface area contributed by atoms with Crippen molar-refractivity contribution < 1.29 is 24.0 Å². The third-order valence-electron chi connectivity index (χ3n) is 5.59. The van der Waals surface area contributed by atoms with Crippen LogP contribution < -0.4 is 15.4 Å². The molecule has 2 heterocycles. The number of fused-ring (bicyclic) bond motifs is 1. The number of para-hydroxylation sites is 2. The molecule has 1 aliphatic heterocycles. The third kappa shape index (κ3) is 5.08. The van der Waals surface area contributed by atoms with Crippen molar-refractivity contribution in [1.29, 1.82) is 0 Å². The molecule has 2 N–H and O–H groups in total. The lowest BCUT2D eigenvalue weighted by Crippen LogP contribution is -2.33. The van der Waals surface area contributed by atoms with E-state index in [0.717, 1.165) is 55.6 Å². The molecule has 2 aromatic rings. The molecule has 9 nitrogen and oxygen atoms in total. The number of benzene rings is 1. The predicted molar refractivity (Wildman–Crippen MR) is 119 cm³/mol. The first kappa shape index (κ1) is 22.2. The number of nitrogens with one attached hydrogen (secondary N) is 2. The van der Waals surface area contributed by atoms with Gasteiger partial charge in [-0.05, 0) is 50.2 Å². The zero-order valence-corrected chi connectivity index (χ0v) is 18.4. The normalized spacial score (nSPS) is 17.4. The van der Waals surface area contributed by atoms with E-state index in [1.54, 1.807) is 6.07 Å². The number of ether oxygens (including phenoxy) is 2. The Bertz CT molecular complexity index is 1020. The Kier molecular flexibility index (Phi) is 7.01. The van der Waals surface area contributed by atoms with Crippen molar-refractivity contribution >= 4 is 33.8 Å². The molecule has 0 unspecified atom stereocenters. The SMILES string of the molecule is O=C(COc1ccccc1[N+](=O)[O-])Nc1sc2c(c1C(=O)NC[C@@H]1CCCO1)CCCC2. The van der Waals surface area contributed by atoms with Gasteiger partial charge in [-0.2, -0.15) is 0 Å². The van der Waals surface area contributed by atoms with Gasteiger partial charge in [0.05, 0.1) is 16.6 Å². The van der Waals surface area contributed by atoms with Crippen LogP contribution in [0.5, 0.6) is 5.75 Å². The van der Waals surface area contributed by atoms with E-state index < -0.39 is 17.4 Å². The number of nitrogens with zero attached hydrogens (tertiary/aromatic N) is 1. The predicted octanol–water partition coefficient (Wildman–Crippen LogP) is 3.46. The molecule has 1 aromatic carbocycles. The van der Waals surface area contributed by atoms with Crippen LogP contribution in [0.4, 0.5) is 10.7 Å². The number of nitro benzene ring substituents is 1. The van der Waals surface area contributed by atoms with E-state index in [2.05, 4.69) is 10.6 Å². The molecule has 4 rings (SSSR count). The highest BCUT2D eigenvalue weighted by Crippen LogP contribution is 2.38. The zero-order valence-electron chi connectivity index (χ0n) is 17.6. The van der Waals surface area contributed by atoms with E-state index in [-0.39, 0.29) is 23.4 Å². The second-order valence-electron chi connectivity index (χ2n) is 7.82. The molecule has 170 valence electrons. The number of amides is 2. The summed E-state index contributed by atoms with van der Waals surface area (Å²) >= 11 is 1.42. The molecule has 0 radical (unpaired) electrons. The van der Waals surface area contributed by atoms with Crippen LogP contribution in [0.2, 0.25) is 0 Å². The van der Waals surface area contributed by atoms with E-state index in [1.165, 1.54) is 29.5 Å². The van der Waals surface area contributed by atoms with Crippen molar-refractivity contribution in [3.63, 3.8) is 0 Å². The molecule has 32 heavy (non-hydrogen) atoms. The molecule has 0 bridgehead atoms. The molecule has 0 saturated carbocycles. The zero-order chi connectivity index (χ0) is 22.5. The van der Waals surface area contributed by atoms with Gasteiger partial charge in [-0.1, -0.05) is 12.1 Å². The van der Waals surface area contributed by atoms with Crippen LogP contribution in [0.3, 0.4) is 0 Å². The van der Waals surface area contributed by atoms with Crippen molar-refractivity contribution in [2.24, 2.45) is 0 Å². The second kappa shape index (κ2) is 10.1. The molecule has 1 saturated heterocycles. The Morgan fingerprint density at radius 2 is 2.03 bits per heavy atom. The Hall–Kier alpha value is -2.98. The van der Waals surface area contributed by atoms with Crippen LogP contribution in [0, 0.1) is 10.1 Å². The summed E-state index contributed by atoms with van der Waals surface area (Å²) in [4.78, 5) is 37.3. The Morgan fingerprint density at radius 1 is 1.22 bits per heavy atom. The standard InChI is InChI=1S/C22H25N3O6S/c26-19(13-31-17-9-3-2-8-16(17)25(28)29)24-22-20(15-7-1-4-10-18(15)32-22)21(27)23-12-14-6-5-11-30-14/h2-3,8-9,14H,1,4-7,10-13H2,(H,23,27)(H,24,26)/t14-/m0/s1. The maximum atomic E-state index is 13.0. The molecule has 10 heteroatoms. The van der Waals surface area contributed by atoms with E-state index in [9.17, 15) is 19.7 Å². The summed E-state index contributed by atoms with van der Waals surface area (Å²) in [6, 6.07) is 5.89. The Labute approximate surface area is 189 Å². The van der Waals surface area contributed by atoms with Crippen molar-refractivity contribution in [1.82, 2.24) is 5.32 Å². The highest BCUT2D eigenvalue weighted by Gasteiger charge is 2.27. The number of anilines is 1. The van der Waals surface area contributed by atoms with Crippen LogP contribution >= 0.6 is 11.3 Å². The van der Waals surface area contributed by atoms with E-state index in [4.69, 9.17) is 9.47 Å². The lowest BCUT2D eigenvalue weighted by atomic mass is 9.95. The second-order valence-corrected chi connectivity index (χ2v) is 8.93. The molecular formula is C22H25N3O6S. The Balaban J connectivity index is 1.45. The molecular weight excluding hydrogens is 434 g/mol. The van der Waals surface area contributed by atoms with Gasteiger partial charge in [0.1, 0.15) is 5.00 Å². The number of thiophene rings is 1. The molecule has 1 atom stereocenters. The number of hydrogen-bond donors (Lipinski definition) is 2. The van der Waals surface area contributed by atoms with Crippen LogP contribution in [-0.4, -0.2) is 42.6 Å². The van der Waals surface area contributed by atoms with E-state index in [1.807, 2.05) is 0 Å². The molecule has 0 spiro atoms. The lowest BCUT2D eigenvalue weighted by molar-refractivity contribution is -0.385. The van der Waals surface area contributed by atoms with Gasteiger partial charge in [0.25, 0.3) is 11.8 Å². The van der Waals surface area contributed by atoms with Gasteiger partial charge in [-0.15, -0.1) is 11.3 Å². The average Bonchev–Trinajstić information content (AvgIpc) is 3.43. The summed E-state index contributed by atoms with van der Waals surface area (Å²) in [6.07, 6.45) is 5.69. The largest absolute Gasteiger partial charge is 0.477 e. The van der Waals surface area contributed by atoms with Crippen LogP contribution in [0.15, 0.2) is 24.3 Å². The number of carbonyl (C=O) groups is 2. The fourth-order valence-corrected chi connectivity index (χ4v) is 5.33. The number of rotatable bonds is 8. The minimum Gasteiger partial charge on any atom is -0.477 e. The number of aryl methyl sites for hydroxylation is 1. The minimum absolute atomic E-state index is 0.0210. The summed E-state index contributed by atoms with van der Waals surface area (Å²) < 4.78 is 11.0. The van der Waals surface area contributed by atoms with Gasteiger partial charge in [0.2, 0.25) is 0 Å². The fraction of sp³-hybridized carbons (Fsp3) is 0.455. The van der Waals surface area contributed by atoms with E-state index in [0.29, 0.717) is 17.1 Å². The van der Waals surface area contributed by atoms with Gasteiger partial charge >= 0.3 is 5.69 Å². The Morgan fingerprint density at radius 3 is 2.81 bits per heavy atom. The van der Waals surface area contributed by atoms with Gasteiger partial charge in [0.15, 0.2) is 12.4 Å². The maximum Gasteiger partial charge on any atom is 0.310 e. The number of hydrogen-bond acceptors (Lipinski definition) is 7. The van der Waals surface area contributed by atoms with Crippen LogP contribution in [0.25, 0.3) is 0 Å². The first-order valence-corrected chi connectivity index (χ1v) is 11.5. The fourth-order valence-electron chi connectivity index (χ4n) is 4.03. The molecule has 1 aliphatic carbocycles. The van der Waals surface area contributed by atoms with Crippen molar-refractivity contribution in [2.75, 3.05) is 25.1 Å². The van der Waals surface area contributed by atoms with E-state index >= 15 is 0 Å². The van der Waals surface area contributed by atoms with Crippen molar-refractivity contribution in [3.8, 4) is 5.75 Å². The molecule has 2 amide bonds. The number of carbonyl (C=O) groups excluding carboxylic acids is 2. The third-order valence-corrected chi connectivity index (χ3v) is 6.79. The van der Waals surface area contributed by atoms with Gasteiger partial charge in [0, 0.05) is 24.1 Å². The van der Waals surface area contributed by atoms with Crippen molar-refractivity contribution in [2.45, 2.75) is 44.6 Å². The number of nitro groups is 1. The first-order valence-electron chi connectivity index (χ1n) is 10.7. The first-order chi connectivity index (χ1) is 15.5. The highest BCUT2D eigenvalue weighted by atomic mass is 32.1. The summed E-state index contributed by atoms with van der Waals surface area (Å²) in [6.45, 7) is 0.761. The minimum atomic E-state index is -0.558. The van der Waals surface area contributed by atoms with Crippen LogP contribution in [0.1, 0.15) is 46.5 Å². The monoisotopic (exact) mass is 459 g/mol. The molecule has 1 aromatic heterocycles. The van der Waals surface area contributed by atoms with Crippen molar-refractivity contribution in [3.05, 3.63) is 50.4 Å². The van der Waals surface area contributed by atoms with Crippen LogP contribution in [-0.2, 0) is 22.4 Å². The lowest BCUT2D eigenvalue weighted by Gasteiger charge is -2.15. The summed E-state index contributed by atoms with van der Waals surface area (Å²) in [5, 5.41) is 17.4. The quantitative estimate of drug-likeness (QED) is 0.461. The molecule has 1 fully saturated rings. The molecule has 2 aliphatic rings. The summed E-state index contributed by atoms with van der Waals surface area (Å²) in [5.74, 6) is -0.669. The summed E-state index contributed by atoms with van der Waals surface area (Å²) in [7, 11) is 0. The summed E-state index contributed by atoms with van der Waals surface area (Å²) in [5.41, 5.74) is 1.31.